The van der Waals surface area contributed by atoms with Crippen LogP contribution in [-0.4, -0.2) is 20.9 Å². The van der Waals surface area contributed by atoms with Gasteiger partial charge in [0.1, 0.15) is 5.75 Å². The lowest BCUT2D eigenvalue weighted by molar-refractivity contribution is -0.118. The van der Waals surface area contributed by atoms with Crippen LogP contribution < -0.4 is 15.2 Å². The Hall–Kier alpha value is -2.38. The summed E-state index contributed by atoms with van der Waals surface area (Å²) in [5.74, 6) is 0.716. The van der Waals surface area contributed by atoms with E-state index in [1.807, 2.05) is 25.1 Å². The normalized spacial score (nSPS) is 11.4. The van der Waals surface area contributed by atoms with Crippen LogP contribution in [0.4, 0.5) is 5.69 Å². The lowest BCUT2D eigenvalue weighted by Crippen LogP contribution is -2.20. The van der Waals surface area contributed by atoms with Crippen LogP contribution in [0.25, 0.3) is 0 Å². The Balaban J connectivity index is 1.94. The summed E-state index contributed by atoms with van der Waals surface area (Å²) in [6.07, 6.45) is 0. The second-order valence-corrected chi connectivity index (χ2v) is 7.64. The van der Waals surface area contributed by atoms with Gasteiger partial charge in [-0.05, 0) is 60.4 Å². The molecule has 0 bridgehead atoms. The van der Waals surface area contributed by atoms with Crippen LogP contribution in [0.5, 0.6) is 5.75 Å². The van der Waals surface area contributed by atoms with Crippen molar-refractivity contribution in [2.24, 2.45) is 5.14 Å². The number of primary sulfonamides is 1. The molecule has 0 atom stereocenters. The van der Waals surface area contributed by atoms with E-state index in [2.05, 4.69) is 19.2 Å². The molecule has 0 aliphatic carbocycles. The SMILES string of the molecule is Cc1cc(OCC(=O)Nc2ccc(S(N)(=O)=O)cc2)ccc1C(C)C. The van der Waals surface area contributed by atoms with Crippen LogP contribution in [0.1, 0.15) is 30.9 Å². The van der Waals surface area contributed by atoms with Crippen molar-refractivity contribution in [2.75, 3.05) is 11.9 Å². The number of carbonyl (C=O) groups is 1. The predicted molar refractivity (Wildman–Crippen MR) is 97.2 cm³/mol. The number of amides is 1. The summed E-state index contributed by atoms with van der Waals surface area (Å²) in [6.45, 7) is 6.11. The Morgan fingerprint density at radius 2 is 1.80 bits per heavy atom. The number of hydrogen-bond donors (Lipinski definition) is 2. The third kappa shape index (κ3) is 5.30. The number of anilines is 1. The molecule has 25 heavy (non-hydrogen) atoms. The van der Waals surface area contributed by atoms with Crippen LogP contribution in [0.2, 0.25) is 0 Å². The third-order valence-electron chi connectivity index (χ3n) is 3.70. The molecule has 7 heteroatoms. The number of hydrogen-bond acceptors (Lipinski definition) is 4. The highest BCUT2D eigenvalue weighted by Crippen LogP contribution is 2.23. The Morgan fingerprint density at radius 1 is 1.16 bits per heavy atom. The molecule has 6 nitrogen and oxygen atoms in total. The lowest BCUT2D eigenvalue weighted by Gasteiger charge is -2.12. The Labute approximate surface area is 148 Å². The Bertz CT molecular complexity index is 859. The molecule has 0 saturated heterocycles. The summed E-state index contributed by atoms with van der Waals surface area (Å²) in [7, 11) is -3.75. The van der Waals surface area contributed by atoms with Gasteiger partial charge in [0.2, 0.25) is 10.0 Å². The van der Waals surface area contributed by atoms with Crippen molar-refractivity contribution in [3.8, 4) is 5.75 Å². The van der Waals surface area contributed by atoms with Crippen LogP contribution in [0.15, 0.2) is 47.4 Å². The molecule has 0 saturated carbocycles. The van der Waals surface area contributed by atoms with E-state index in [0.717, 1.165) is 5.56 Å². The van der Waals surface area contributed by atoms with Crippen molar-refractivity contribution in [3.05, 3.63) is 53.6 Å². The quantitative estimate of drug-likeness (QED) is 0.825. The highest BCUT2D eigenvalue weighted by atomic mass is 32.2. The minimum absolute atomic E-state index is 0.0116. The summed E-state index contributed by atoms with van der Waals surface area (Å²) in [4.78, 5) is 11.9. The zero-order valence-electron chi connectivity index (χ0n) is 14.4. The first-order chi connectivity index (χ1) is 11.7. The molecule has 2 rings (SSSR count). The van der Waals surface area contributed by atoms with Crippen LogP contribution in [0.3, 0.4) is 0 Å². The summed E-state index contributed by atoms with van der Waals surface area (Å²) in [6, 6.07) is 11.4. The van der Waals surface area contributed by atoms with Gasteiger partial charge in [-0.1, -0.05) is 19.9 Å². The van der Waals surface area contributed by atoms with Gasteiger partial charge in [0, 0.05) is 5.69 Å². The highest BCUT2D eigenvalue weighted by Gasteiger charge is 2.09. The highest BCUT2D eigenvalue weighted by molar-refractivity contribution is 7.89. The van der Waals surface area contributed by atoms with Gasteiger partial charge in [-0.3, -0.25) is 4.79 Å². The number of rotatable bonds is 6. The largest absolute Gasteiger partial charge is 0.484 e. The molecule has 3 N–H and O–H groups in total. The molecule has 0 radical (unpaired) electrons. The summed E-state index contributed by atoms with van der Waals surface area (Å²) >= 11 is 0. The monoisotopic (exact) mass is 362 g/mol. The lowest BCUT2D eigenvalue weighted by atomic mass is 9.98. The molecule has 0 aromatic heterocycles. The number of ether oxygens (including phenoxy) is 1. The molecule has 0 aliphatic heterocycles. The van der Waals surface area contributed by atoms with Gasteiger partial charge in [-0.15, -0.1) is 0 Å². The average molecular weight is 362 g/mol. The molecule has 1 amide bonds. The number of benzene rings is 2. The first-order valence-corrected chi connectivity index (χ1v) is 9.37. The topological polar surface area (TPSA) is 98.5 Å². The molecule has 0 fully saturated rings. The fourth-order valence-corrected chi connectivity index (χ4v) is 2.98. The van der Waals surface area contributed by atoms with E-state index in [9.17, 15) is 13.2 Å². The molecule has 0 unspecified atom stereocenters. The number of carbonyl (C=O) groups excluding carboxylic acids is 1. The zero-order valence-corrected chi connectivity index (χ0v) is 15.3. The van der Waals surface area contributed by atoms with Gasteiger partial charge < -0.3 is 10.1 Å². The first-order valence-electron chi connectivity index (χ1n) is 7.83. The number of aryl methyl sites for hydroxylation is 1. The number of nitrogens with one attached hydrogen (secondary N) is 1. The summed E-state index contributed by atoms with van der Waals surface area (Å²) < 4.78 is 27.9. The standard InChI is InChI=1S/C18H22N2O4S/c1-12(2)17-9-6-15(10-13(17)3)24-11-18(21)20-14-4-7-16(8-5-14)25(19,22)23/h4-10,12H,11H2,1-3H3,(H,20,21)(H2,19,22,23). The first kappa shape index (κ1) is 19.0. The van der Waals surface area contributed by atoms with Crippen LogP contribution in [0, 0.1) is 6.92 Å². The van der Waals surface area contributed by atoms with E-state index in [1.54, 1.807) is 0 Å². The van der Waals surface area contributed by atoms with Crippen molar-refractivity contribution in [2.45, 2.75) is 31.6 Å². The van der Waals surface area contributed by atoms with Gasteiger partial charge in [-0.2, -0.15) is 0 Å². The Morgan fingerprint density at radius 3 is 2.32 bits per heavy atom. The van der Waals surface area contributed by atoms with Crippen LogP contribution in [-0.2, 0) is 14.8 Å². The van der Waals surface area contributed by atoms with Crippen molar-refractivity contribution in [1.29, 1.82) is 0 Å². The van der Waals surface area contributed by atoms with E-state index in [-0.39, 0.29) is 17.4 Å². The third-order valence-corrected chi connectivity index (χ3v) is 4.63. The fourth-order valence-electron chi connectivity index (χ4n) is 2.46. The van der Waals surface area contributed by atoms with Crippen molar-refractivity contribution < 1.29 is 17.9 Å². The van der Waals surface area contributed by atoms with Gasteiger partial charge in [0.15, 0.2) is 6.61 Å². The molecule has 0 aliphatic rings. The number of nitrogens with two attached hydrogens (primary N) is 1. The molecule has 2 aromatic rings. The zero-order chi connectivity index (χ0) is 18.6. The van der Waals surface area contributed by atoms with Crippen molar-refractivity contribution >= 4 is 21.6 Å². The van der Waals surface area contributed by atoms with Crippen LogP contribution >= 0.6 is 0 Å². The Kier molecular flexibility index (Phi) is 5.81. The summed E-state index contributed by atoms with van der Waals surface area (Å²) in [5.41, 5.74) is 2.82. The van der Waals surface area contributed by atoms with E-state index in [1.165, 1.54) is 29.8 Å². The van der Waals surface area contributed by atoms with Gasteiger partial charge in [0.25, 0.3) is 5.91 Å². The maximum atomic E-state index is 11.9. The van der Waals surface area contributed by atoms with Crippen molar-refractivity contribution in [3.63, 3.8) is 0 Å². The van der Waals surface area contributed by atoms with E-state index < -0.39 is 10.0 Å². The fraction of sp³-hybridized carbons (Fsp3) is 0.278. The van der Waals surface area contributed by atoms with Gasteiger partial charge in [-0.25, -0.2) is 13.6 Å². The average Bonchev–Trinajstić information content (AvgIpc) is 2.52. The molecular formula is C18H22N2O4S. The maximum absolute atomic E-state index is 11.9. The second kappa shape index (κ2) is 7.67. The second-order valence-electron chi connectivity index (χ2n) is 6.08. The predicted octanol–water partition coefficient (Wildman–Crippen LogP) is 2.78. The summed E-state index contributed by atoms with van der Waals surface area (Å²) in [5, 5.41) is 7.66. The minimum Gasteiger partial charge on any atom is -0.484 e. The van der Waals surface area contributed by atoms with E-state index >= 15 is 0 Å². The van der Waals surface area contributed by atoms with Gasteiger partial charge >= 0.3 is 0 Å². The number of sulfonamides is 1. The minimum atomic E-state index is -3.75. The smallest absolute Gasteiger partial charge is 0.262 e. The molecule has 0 heterocycles. The van der Waals surface area contributed by atoms with E-state index in [0.29, 0.717) is 17.4 Å². The molecule has 2 aromatic carbocycles. The maximum Gasteiger partial charge on any atom is 0.262 e. The van der Waals surface area contributed by atoms with Crippen molar-refractivity contribution in [1.82, 2.24) is 0 Å². The van der Waals surface area contributed by atoms with E-state index in [4.69, 9.17) is 9.88 Å². The molecule has 0 spiro atoms. The van der Waals surface area contributed by atoms with Gasteiger partial charge in [0.05, 0.1) is 4.90 Å². The molecular weight excluding hydrogens is 340 g/mol. The molecule has 134 valence electrons.